The van der Waals surface area contributed by atoms with Crippen LogP contribution in [0.4, 0.5) is 10.5 Å². The van der Waals surface area contributed by atoms with Gasteiger partial charge in [0.1, 0.15) is 5.75 Å². The van der Waals surface area contributed by atoms with Gasteiger partial charge in [-0.15, -0.1) is 0 Å². The third kappa shape index (κ3) is 5.69. The topological polar surface area (TPSA) is 88.5 Å². The van der Waals surface area contributed by atoms with Gasteiger partial charge in [0.15, 0.2) is 11.5 Å². The van der Waals surface area contributed by atoms with E-state index in [1.54, 1.807) is 36.2 Å². The van der Waals surface area contributed by atoms with Crippen molar-refractivity contribution in [3.63, 3.8) is 0 Å². The second-order valence-electron chi connectivity index (χ2n) is 10.8. The molecule has 2 bridgehead atoms. The van der Waals surface area contributed by atoms with Gasteiger partial charge in [-0.2, -0.15) is 0 Å². The predicted octanol–water partition coefficient (Wildman–Crippen LogP) is 5.37. The van der Waals surface area contributed by atoms with E-state index in [4.69, 9.17) is 19.3 Å². The van der Waals surface area contributed by atoms with Gasteiger partial charge >= 0.3 is 12.0 Å². The van der Waals surface area contributed by atoms with E-state index >= 15 is 0 Å². The number of fused-ring (bicyclic) bond motifs is 2. The van der Waals surface area contributed by atoms with Crippen molar-refractivity contribution in [2.75, 3.05) is 38.8 Å². The number of carbonyl (C=O) groups excluding carboxylic acids is 1. The SMILES string of the molecule is COc1cc(CC(=O)O)ccc1CN1CCCN(c2ccc(OC)c(OCC[C@@H]3C[C@@H]4CC[C@H]3C4)c2)C1=O. The summed E-state index contributed by atoms with van der Waals surface area (Å²) in [5.74, 6) is 3.62. The number of anilines is 1. The van der Waals surface area contributed by atoms with Gasteiger partial charge in [-0.05, 0) is 73.6 Å². The van der Waals surface area contributed by atoms with Gasteiger partial charge in [0.05, 0.1) is 33.8 Å². The number of carboxylic acid groups (broad SMARTS) is 1. The number of aliphatic carboxylic acids is 1. The monoisotopic (exact) mass is 522 g/mol. The highest BCUT2D eigenvalue weighted by Gasteiger charge is 2.39. The van der Waals surface area contributed by atoms with Gasteiger partial charge in [0, 0.05) is 30.4 Å². The van der Waals surface area contributed by atoms with Crippen LogP contribution in [-0.2, 0) is 17.8 Å². The number of carboxylic acids is 1. The largest absolute Gasteiger partial charge is 0.496 e. The number of methoxy groups -OCH3 is 2. The molecular formula is C30H38N2O6. The molecule has 8 heteroatoms. The lowest BCUT2D eigenvalue weighted by Gasteiger charge is -2.36. The minimum absolute atomic E-state index is 0.0727. The predicted molar refractivity (Wildman–Crippen MR) is 144 cm³/mol. The number of rotatable bonds is 11. The van der Waals surface area contributed by atoms with Crippen LogP contribution in [0, 0.1) is 17.8 Å². The Bertz CT molecular complexity index is 1170. The maximum Gasteiger partial charge on any atom is 0.324 e. The standard InChI is InChI=1S/C30H38N2O6/c1-36-26-9-8-25(18-28(26)38-13-10-23-15-20-4-6-22(23)14-20)32-12-3-11-31(30(32)35)19-24-7-5-21(17-29(33)34)16-27(24)37-2/h5,7-9,16,18,20,22-23H,3-4,6,10-15,17,19H2,1-2H3,(H,33,34)/t20-,22+,23-/m1/s1. The fourth-order valence-electron chi connectivity index (χ4n) is 6.57. The number of hydrogen-bond donors (Lipinski definition) is 1. The number of urea groups is 1. The summed E-state index contributed by atoms with van der Waals surface area (Å²) in [6.45, 7) is 2.31. The van der Waals surface area contributed by atoms with E-state index in [1.165, 1.54) is 25.7 Å². The normalized spacial score (nSPS) is 22.6. The number of amides is 2. The molecule has 2 aromatic rings. The quantitative estimate of drug-likeness (QED) is 0.427. The molecule has 2 amide bonds. The summed E-state index contributed by atoms with van der Waals surface area (Å²) < 4.78 is 17.3. The van der Waals surface area contributed by atoms with Gasteiger partial charge in [0.25, 0.3) is 0 Å². The number of carbonyl (C=O) groups is 2. The fourth-order valence-corrected chi connectivity index (χ4v) is 6.57. The van der Waals surface area contributed by atoms with Crippen molar-refractivity contribution in [2.24, 2.45) is 17.8 Å². The van der Waals surface area contributed by atoms with Gasteiger partial charge in [-0.25, -0.2) is 4.79 Å². The Morgan fingerprint density at radius 3 is 2.55 bits per heavy atom. The second kappa shape index (κ2) is 11.5. The highest BCUT2D eigenvalue weighted by atomic mass is 16.5. The van der Waals surface area contributed by atoms with Crippen LogP contribution in [0.15, 0.2) is 36.4 Å². The van der Waals surface area contributed by atoms with Crippen LogP contribution < -0.4 is 19.1 Å². The Morgan fingerprint density at radius 2 is 1.84 bits per heavy atom. The average Bonchev–Trinajstić information content (AvgIpc) is 3.54. The van der Waals surface area contributed by atoms with Gasteiger partial charge < -0.3 is 24.2 Å². The van der Waals surface area contributed by atoms with Crippen LogP contribution in [0.25, 0.3) is 0 Å². The Hall–Kier alpha value is -3.42. The molecular weight excluding hydrogens is 484 g/mol. The van der Waals surface area contributed by atoms with E-state index in [0.717, 1.165) is 41.8 Å². The maximum absolute atomic E-state index is 13.5. The molecule has 204 valence electrons. The van der Waals surface area contributed by atoms with Crippen LogP contribution in [0.3, 0.4) is 0 Å². The summed E-state index contributed by atoms with van der Waals surface area (Å²) in [6.07, 6.45) is 7.35. The van der Waals surface area contributed by atoms with Gasteiger partial charge in [0.2, 0.25) is 0 Å². The summed E-state index contributed by atoms with van der Waals surface area (Å²) in [6, 6.07) is 11.0. The van der Waals surface area contributed by atoms with Crippen molar-refractivity contribution in [3.05, 3.63) is 47.5 Å². The van der Waals surface area contributed by atoms with E-state index in [0.29, 0.717) is 49.1 Å². The molecule has 0 aromatic heterocycles. The summed E-state index contributed by atoms with van der Waals surface area (Å²) in [5.41, 5.74) is 2.30. The molecule has 3 fully saturated rings. The highest BCUT2D eigenvalue weighted by Crippen LogP contribution is 2.49. The molecule has 3 atom stereocenters. The van der Waals surface area contributed by atoms with Crippen molar-refractivity contribution in [3.8, 4) is 17.2 Å². The zero-order valence-electron chi connectivity index (χ0n) is 22.4. The molecule has 1 saturated heterocycles. The minimum Gasteiger partial charge on any atom is -0.496 e. The third-order valence-corrected chi connectivity index (χ3v) is 8.47. The van der Waals surface area contributed by atoms with Crippen LogP contribution in [0.5, 0.6) is 17.2 Å². The van der Waals surface area contributed by atoms with Crippen LogP contribution in [0.2, 0.25) is 0 Å². The lowest BCUT2D eigenvalue weighted by Crippen LogP contribution is -2.49. The Labute approximate surface area is 224 Å². The summed E-state index contributed by atoms with van der Waals surface area (Å²) in [5, 5.41) is 9.09. The van der Waals surface area contributed by atoms with Crippen molar-refractivity contribution in [1.29, 1.82) is 0 Å². The molecule has 2 aromatic carbocycles. The van der Waals surface area contributed by atoms with E-state index in [-0.39, 0.29) is 12.5 Å². The van der Waals surface area contributed by atoms with E-state index in [1.807, 2.05) is 24.3 Å². The molecule has 1 N–H and O–H groups in total. The Balaban J connectivity index is 1.25. The molecule has 2 aliphatic carbocycles. The molecule has 0 radical (unpaired) electrons. The van der Waals surface area contributed by atoms with Crippen LogP contribution in [-0.4, -0.2) is 55.9 Å². The zero-order chi connectivity index (χ0) is 26.6. The van der Waals surface area contributed by atoms with E-state index in [9.17, 15) is 9.59 Å². The molecule has 1 heterocycles. The molecule has 3 aliphatic rings. The van der Waals surface area contributed by atoms with Crippen molar-refractivity contribution in [2.45, 2.75) is 51.5 Å². The molecule has 5 rings (SSSR count). The van der Waals surface area contributed by atoms with Crippen molar-refractivity contribution < 1.29 is 28.9 Å². The third-order valence-electron chi connectivity index (χ3n) is 8.47. The Kier molecular flexibility index (Phi) is 7.95. The number of benzene rings is 2. The number of nitrogens with zero attached hydrogens (tertiary/aromatic N) is 2. The first-order chi connectivity index (χ1) is 18.4. The molecule has 38 heavy (non-hydrogen) atoms. The zero-order valence-corrected chi connectivity index (χ0v) is 22.4. The molecule has 0 unspecified atom stereocenters. The number of ether oxygens (including phenoxy) is 3. The molecule has 1 aliphatic heterocycles. The lowest BCUT2D eigenvalue weighted by atomic mass is 9.87. The summed E-state index contributed by atoms with van der Waals surface area (Å²) in [4.78, 5) is 28.2. The van der Waals surface area contributed by atoms with Crippen LogP contribution >= 0.6 is 0 Å². The first kappa shape index (κ1) is 26.2. The Morgan fingerprint density at radius 1 is 1.00 bits per heavy atom. The summed E-state index contributed by atoms with van der Waals surface area (Å²) >= 11 is 0. The lowest BCUT2D eigenvalue weighted by molar-refractivity contribution is -0.136. The van der Waals surface area contributed by atoms with Gasteiger partial charge in [-0.1, -0.05) is 18.6 Å². The van der Waals surface area contributed by atoms with E-state index < -0.39 is 5.97 Å². The first-order valence-electron chi connectivity index (χ1n) is 13.7. The minimum atomic E-state index is -0.893. The maximum atomic E-state index is 13.5. The van der Waals surface area contributed by atoms with Crippen molar-refractivity contribution in [1.82, 2.24) is 4.90 Å². The van der Waals surface area contributed by atoms with E-state index in [2.05, 4.69) is 0 Å². The van der Waals surface area contributed by atoms with Gasteiger partial charge in [-0.3, -0.25) is 9.69 Å². The average molecular weight is 523 g/mol. The summed E-state index contributed by atoms with van der Waals surface area (Å²) in [7, 11) is 3.20. The molecule has 8 nitrogen and oxygen atoms in total. The van der Waals surface area contributed by atoms with Crippen LogP contribution in [0.1, 0.15) is 49.7 Å². The first-order valence-corrected chi connectivity index (χ1v) is 13.7. The van der Waals surface area contributed by atoms with Crippen molar-refractivity contribution >= 4 is 17.7 Å². The highest BCUT2D eigenvalue weighted by molar-refractivity contribution is 5.93. The fraction of sp³-hybridized carbons (Fsp3) is 0.533. The second-order valence-corrected chi connectivity index (χ2v) is 10.8. The smallest absolute Gasteiger partial charge is 0.324 e. The number of hydrogen-bond acceptors (Lipinski definition) is 5. The molecule has 0 spiro atoms. The molecule has 2 saturated carbocycles.